The summed E-state index contributed by atoms with van der Waals surface area (Å²) in [6.07, 6.45) is 0. The van der Waals surface area contributed by atoms with Crippen molar-refractivity contribution in [1.82, 2.24) is 0 Å². The number of nitrogen functional groups attached to an aromatic ring is 1. The van der Waals surface area contributed by atoms with Gasteiger partial charge in [0.25, 0.3) is 0 Å². The largest absolute Gasteiger partial charge is 0.449 e. The molecule has 0 spiro atoms. The van der Waals surface area contributed by atoms with Crippen molar-refractivity contribution < 1.29 is 9.66 Å². The number of hydrogen-bond donors (Lipinski definition) is 2. The van der Waals surface area contributed by atoms with Gasteiger partial charge in [-0.3, -0.25) is 16.0 Å². The van der Waals surface area contributed by atoms with Gasteiger partial charge in [-0.25, -0.2) is 0 Å². The number of benzene rings is 2. The maximum Gasteiger partial charge on any atom is 0.335 e. The van der Waals surface area contributed by atoms with Gasteiger partial charge in [0.15, 0.2) is 0 Å². The Morgan fingerprint density at radius 3 is 2.43 bits per heavy atom. The predicted molar refractivity (Wildman–Crippen MR) is 81.9 cm³/mol. The van der Waals surface area contributed by atoms with Crippen LogP contribution >= 0.6 is 11.6 Å². The van der Waals surface area contributed by atoms with Gasteiger partial charge in [-0.1, -0.05) is 17.7 Å². The van der Waals surface area contributed by atoms with Gasteiger partial charge in [0.2, 0.25) is 5.75 Å². The summed E-state index contributed by atoms with van der Waals surface area (Å²) in [6.45, 7) is 3.65. The van der Waals surface area contributed by atoms with Crippen LogP contribution in [-0.4, -0.2) is 4.92 Å². The van der Waals surface area contributed by atoms with Crippen LogP contribution in [0.25, 0.3) is 0 Å². The summed E-state index contributed by atoms with van der Waals surface area (Å²) in [5, 5.41) is 11.8. The number of nitro benzene ring substituents is 1. The van der Waals surface area contributed by atoms with Crippen LogP contribution in [0.2, 0.25) is 5.02 Å². The molecule has 0 aliphatic heterocycles. The summed E-state index contributed by atoms with van der Waals surface area (Å²) in [5.41, 5.74) is 3.85. The van der Waals surface area contributed by atoms with E-state index in [9.17, 15) is 10.1 Å². The van der Waals surface area contributed by atoms with Crippen LogP contribution in [0, 0.1) is 24.0 Å². The van der Waals surface area contributed by atoms with E-state index >= 15 is 0 Å². The molecular formula is C14H14ClN3O3. The zero-order valence-electron chi connectivity index (χ0n) is 11.5. The molecule has 2 aromatic rings. The lowest BCUT2D eigenvalue weighted by Gasteiger charge is -2.13. The Kier molecular flexibility index (Phi) is 4.30. The van der Waals surface area contributed by atoms with Crippen LogP contribution in [-0.2, 0) is 0 Å². The minimum absolute atomic E-state index is 0.115. The molecule has 2 aromatic carbocycles. The van der Waals surface area contributed by atoms with Crippen molar-refractivity contribution in [3.63, 3.8) is 0 Å². The summed E-state index contributed by atoms with van der Waals surface area (Å²) < 4.78 is 5.73. The molecular weight excluding hydrogens is 294 g/mol. The highest BCUT2D eigenvalue weighted by atomic mass is 35.5. The maximum atomic E-state index is 11.2. The average molecular weight is 308 g/mol. The van der Waals surface area contributed by atoms with Crippen molar-refractivity contribution in [1.29, 1.82) is 0 Å². The SMILES string of the molecule is Cc1cc(Cl)cc(C)c1Oc1cccc(NN)c1[N+](=O)[O-]. The summed E-state index contributed by atoms with van der Waals surface area (Å²) in [4.78, 5) is 10.7. The number of rotatable bonds is 4. The van der Waals surface area contributed by atoms with Gasteiger partial charge in [0, 0.05) is 5.02 Å². The molecule has 0 saturated carbocycles. The van der Waals surface area contributed by atoms with Crippen molar-refractivity contribution >= 4 is 23.0 Å². The Morgan fingerprint density at radius 2 is 1.90 bits per heavy atom. The third kappa shape index (κ3) is 3.07. The standard InChI is InChI=1S/C14H14ClN3O3/c1-8-6-10(15)7-9(2)14(8)21-12-5-3-4-11(17-16)13(12)18(19)20/h3-7,17H,16H2,1-2H3. The van der Waals surface area contributed by atoms with Crippen molar-refractivity contribution in [3.05, 3.63) is 56.6 Å². The summed E-state index contributed by atoms with van der Waals surface area (Å²) in [7, 11) is 0. The van der Waals surface area contributed by atoms with Crippen LogP contribution in [0.5, 0.6) is 11.5 Å². The van der Waals surface area contributed by atoms with Gasteiger partial charge < -0.3 is 10.2 Å². The number of halogens is 1. The van der Waals surface area contributed by atoms with E-state index in [4.69, 9.17) is 22.2 Å². The molecule has 0 fully saturated rings. The molecule has 0 unspecified atom stereocenters. The number of nitrogens with one attached hydrogen (secondary N) is 1. The normalized spacial score (nSPS) is 10.3. The van der Waals surface area contributed by atoms with Crippen LogP contribution < -0.4 is 16.0 Å². The van der Waals surface area contributed by atoms with Crippen molar-refractivity contribution in [2.45, 2.75) is 13.8 Å². The van der Waals surface area contributed by atoms with E-state index in [0.717, 1.165) is 11.1 Å². The molecule has 0 atom stereocenters. The first kappa shape index (κ1) is 15.1. The van der Waals surface area contributed by atoms with Crippen LogP contribution in [0.3, 0.4) is 0 Å². The number of anilines is 1. The highest BCUT2D eigenvalue weighted by Gasteiger charge is 2.22. The van der Waals surface area contributed by atoms with E-state index < -0.39 is 4.92 Å². The molecule has 0 heterocycles. The van der Waals surface area contributed by atoms with E-state index in [0.29, 0.717) is 10.8 Å². The number of aryl methyl sites for hydroxylation is 2. The topological polar surface area (TPSA) is 90.4 Å². The molecule has 0 aliphatic rings. The lowest BCUT2D eigenvalue weighted by molar-refractivity contribution is -0.384. The second-order valence-corrected chi connectivity index (χ2v) is 4.96. The van der Waals surface area contributed by atoms with Gasteiger partial charge in [-0.2, -0.15) is 0 Å². The summed E-state index contributed by atoms with van der Waals surface area (Å²) in [5.74, 6) is 5.96. The fourth-order valence-electron chi connectivity index (χ4n) is 2.08. The van der Waals surface area contributed by atoms with Crippen LogP contribution in [0.4, 0.5) is 11.4 Å². The minimum Gasteiger partial charge on any atom is -0.449 e. The Hall–Kier alpha value is -2.31. The van der Waals surface area contributed by atoms with Gasteiger partial charge in [0.05, 0.1) is 4.92 Å². The van der Waals surface area contributed by atoms with E-state index in [2.05, 4.69) is 5.43 Å². The number of nitrogens with two attached hydrogens (primary N) is 1. The number of nitrogens with zero attached hydrogens (tertiary/aromatic N) is 1. The smallest absolute Gasteiger partial charge is 0.335 e. The number of ether oxygens (including phenoxy) is 1. The maximum absolute atomic E-state index is 11.2. The fraction of sp³-hybridized carbons (Fsp3) is 0.143. The van der Waals surface area contributed by atoms with Crippen molar-refractivity contribution in [2.24, 2.45) is 5.84 Å². The second kappa shape index (κ2) is 5.99. The monoisotopic (exact) mass is 307 g/mol. The zero-order valence-corrected chi connectivity index (χ0v) is 12.3. The number of para-hydroxylation sites is 1. The lowest BCUT2D eigenvalue weighted by Crippen LogP contribution is -2.09. The third-order valence-corrected chi connectivity index (χ3v) is 3.19. The molecule has 6 nitrogen and oxygen atoms in total. The number of hydrazine groups is 1. The number of hydrogen-bond acceptors (Lipinski definition) is 5. The zero-order chi connectivity index (χ0) is 15.6. The van der Waals surface area contributed by atoms with Gasteiger partial charge in [0.1, 0.15) is 11.4 Å². The van der Waals surface area contributed by atoms with E-state index in [1.165, 1.54) is 12.1 Å². The van der Waals surface area contributed by atoms with Gasteiger partial charge in [-0.15, -0.1) is 0 Å². The molecule has 0 radical (unpaired) electrons. The van der Waals surface area contributed by atoms with Gasteiger partial charge in [-0.05, 0) is 49.2 Å². The molecule has 110 valence electrons. The second-order valence-electron chi connectivity index (χ2n) is 4.52. The van der Waals surface area contributed by atoms with Gasteiger partial charge >= 0.3 is 5.69 Å². The first-order chi connectivity index (χ1) is 9.93. The minimum atomic E-state index is -0.537. The van der Waals surface area contributed by atoms with E-state index in [1.807, 2.05) is 13.8 Å². The molecule has 7 heteroatoms. The highest BCUT2D eigenvalue weighted by Crippen LogP contribution is 2.39. The fourth-order valence-corrected chi connectivity index (χ4v) is 2.41. The molecule has 0 saturated heterocycles. The van der Waals surface area contributed by atoms with Crippen molar-refractivity contribution in [3.8, 4) is 11.5 Å². The first-order valence-electron chi connectivity index (χ1n) is 6.12. The molecule has 0 aliphatic carbocycles. The molecule has 0 aromatic heterocycles. The third-order valence-electron chi connectivity index (χ3n) is 2.97. The van der Waals surface area contributed by atoms with E-state index in [1.54, 1.807) is 18.2 Å². The Balaban J connectivity index is 2.52. The highest BCUT2D eigenvalue weighted by molar-refractivity contribution is 6.30. The quantitative estimate of drug-likeness (QED) is 0.507. The molecule has 3 N–H and O–H groups in total. The Labute approximate surface area is 126 Å². The predicted octanol–water partition coefficient (Wildman–Crippen LogP) is 3.94. The molecule has 2 rings (SSSR count). The summed E-state index contributed by atoms with van der Waals surface area (Å²) in [6, 6.07) is 8.12. The molecule has 0 amide bonds. The lowest BCUT2D eigenvalue weighted by atomic mass is 10.1. The van der Waals surface area contributed by atoms with Crippen molar-refractivity contribution in [2.75, 3.05) is 5.43 Å². The Morgan fingerprint density at radius 1 is 1.29 bits per heavy atom. The average Bonchev–Trinajstić information content (AvgIpc) is 2.42. The van der Waals surface area contributed by atoms with E-state index in [-0.39, 0.29) is 17.1 Å². The van der Waals surface area contributed by atoms with Crippen LogP contribution in [0.15, 0.2) is 30.3 Å². The summed E-state index contributed by atoms with van der Waals surface area (Å²) >= 11 is 5.96. The first-order valence-corrected chi connectivity index (χ1v) is 6.50. The van der Waals surface area contributed by atoms with Crippen LogP contribution in [0.1, 0.15) is 11.1 Å². The Bertz CT molecular complexity index is 681. The molecule has 21 heavy (non-hydrogen) atoms. The number of nitro groups is 1. The molecule has 0 bridgehead atoms.